The van der Waals surface area contributed by atoms with Crippen LogP contribution in [0, 0.1) is 0 Å². The van der Waals surface area contributed by atoms with Crippen LogP contribution in [0.3, 0.4) is 0 Å². The number of alkyl halides is 2. The second kappa shape index (κ2) is 7.16. The Balaban J connectivity index is 1.85. The summed E-state index contributed by atoms with van der Waals surface area (Å²) in [5, 5.41) is 4.05. The maximum atomic E-state index is 12.4. The molecule has 0 atom stereocenters. The molecular formula is C17H16F2N4O2. The Kier molecular flexibility index (Phi) is 4.78. The fraction of sp³-hybridized carbons (Fsp3) is 0.176. The first kappa shape index (κ1) is 16.7. The van der Waals surface area contributed by atoms with E-state index in [9.17, 15) is 13.6 Å². The molecule has 0 spiro atoms. The zero-order valence-corrected chi connectivity index (χ0v) is 13.1. The van der Waals surface area contributed by atoms with Gasteiger partial charge in [-0.1, -0.05) is 0 Å². The average Bonchev–Trinajstić information content (AvgIpc) is 3.07. The molecule has 3 aromatic rings. The van der Waals surface area contributed by atoms with Crippen molar-refractivity contribution in [1.82, 2.24) is 9.97 Å². The zero-order valence-electron chi connectivity index (χ0n) is 13.1. The minimum absolute atomic E-state index is 0.227. The van der Waals surface area contributed by atoms with Crippen LogP contribution in [-0.4, -0.2) is 28.9 Å². The number of rotatable bonds is 7. The highest BCUT2D eigenvalue weighted by Gasteiger charge is 2.12. The Bertz CT molecular complexity index is 895. The molecule has 0 fully saturated rings. The van der Waals surface area contributed by atoms with Crippen molar-refractivity contribution in [2.24, 2.45) is 5.73 Å². The topological polar surface area (TPSA) is 93.0 Å². The van der Waals surface area contributed by atoms with Gasteiger partial charge in [-0.25, -0.2) is 13.8 Å². The number of nitrogens with two attached hydrogens (primary N) is 1. The summed E-state index contributed by atoms with van der Waals surface area (Å²) in [6, 6.07) is 8.11. The van der Waals surface area contributed by atoms with Crippen LogP contribution in [0.2, 0.25) is 0 Å². The summed E-state index contributed by atoms with van der Waals surface area (Å²) in [5.74, 6) is -0.384. The molecule has 6 nitrogen and oxygen atoms in total. The number of primary amides is 1. The molecule has 8 heteroatoms. The quantitative estimate of drug-likeness (QED) is 0.613. The lowest BCUT2D eigenvalue weighted by Gasteiger charge is -2.14. The summed E-state index contributed by atoms with van der Waals surface area (Å²) in [6.07, 6.45) is 0.860. The van der Waals surface area contributed by atoms with Gasteiger partial charge in [-0.15, -0.1) is 0 Å². The number of halogens is 2. The highest BCUT2D eigenvalue weighted by Crippen LogP contribution is 2.27. The van der Waals surface area contributed by atoms with Crippen LogP contribution in [0.15, 0.2) is 42.7 Å². The van der Waals surface area contributed by atoms with E-state index in [0.717, 1.165) is 16.6 Å². The van der Waals surface area contributed by atoms with Crippen molar-refractivity contribution in [2.45, 2.75) is 13.0 Å². The van der Waals surface area contributed by atoms with Gasteiger partial charge < -0.3 is 20.8 Å². The molecule has 25 heavy (non-hydrogen) atoms. The smallest absolute Gasteiger partial charge is 0.272 e. The summed E-state index contributed by atoms with van der Waals surface area (Å²) in [7, 11) is 0. The normalized spacial score (nSPS) is 11.0. The number of nitrogens with one attached hydrogen (secondary N) is 2. The molecule has 0 aliphatic rings. The third-order valence-electron chi connectivity index (χ3n) is 3.65. The van der Waals surface area contributed by atoms with E-state index in [1.807, 2.05) is 12.1 Å². The minimum atomic E-state index is -2.59. The maximum absolute atomic E-state index is 12.4. The first-order valence-electron chi connectivity index (χ1n) is 7.54. The summed E-state index contributed by atoms with van der Waals surface area (Å²) in [6.45, 7) is -0.341. The molecule has 0 saturated heterocycles. The van der Waals surface area contributed by atoms with Crippen molar-refractivity contribution in [1.29, 1.82) is 0 Å². The number of carbonyl (C=O) groups is 1. The predicted octanol–water partition coefficient (Wildman–Crippen LogP) is 2.92. The molecule has 0 bridgehead atoms. The van der Waals surface area contributed by atoms with E-state index in [1.54, 1.807) is 12.4 Å². The Morgan fingerprint density at radius 2 is 2.16 bits per heavy atom. The standard InChI is InChI=1S/C17H16F2N4O2/c18-15(19)9-25-14-2-1-10(16(20)24)7-13(14)23-8-11-3-5-21-17-12(11)4-6-22-17/h1-7,15,23H,8-9H2,(H2,20,24)(H,21,22). The molecule has 1 amide bonds. The molecule has 0 radical (unpaired) electrons. The molecular weight excluding hydrogens is 330 g/mol. The van der Waals surface area contributed by atoms with Crippen molar-refractivity contribution in [2.75, 3.05) is 11.9 Å². The summed E-state index contributed by atoms with van der Waals surface area (Å²) in [4.78, 5) is 18.6. The zero-order chi connectivity index (χ0) is 17.8. The number of ether oxygens (including phenoxy) is 1. The SMILES string of the molecule is NC(=O)c1ccc(OCC(F)F)c(NCc2ccnc3[nH]ccc23)c1. The first-order valence-corrected chi connectivity index (χ1v) is 7.54. The number of hydrogen-bond donors (Lipinski definition) is 3. The van der Waals surface area contributed by atoms with Crippen LogP contribution in [0.1, 0.15) is 15.9 Å². The second-order valence-electron chi connectivity index (χ2n) is 5.34. The number of hydrogen-bond acceptors (Lipinski definition) is 4. The van der Waals surface area contributed by atoms with Gasteiger partial charge in [-0.3, -0.25) is 4.79 Å². The first-order chi connectivity index (χ1) is 12.0. The molecule has 2 heterocycles. The highest BCUT2D eigenvalue weighted by atomic mass is 19.3. The van der Waals surface area contributed by atoms with Gasteiger partial charge >= 0.3 is 0 Å². The number of nitrogens with zero attached hydrogens (tertiary/aromatic N) is 1. The average molecular weight is 346 g/mol. The van der Waals surface area contributed by atoms with Gasteiger partial charge in [0.05, 0.1) is 5.69 Å². The lowest BCUT2D eigenvalue weighted by Crippen LogP contribution is -2.13. The van der Waals surface area contributed by atoms with E-state index >= 15 is 0 Å². The third kappa shape index (κ3) is 3.85. The van der Waals surface area contributed by atoms with E-state index in [1.165, 1.54) is 18.2 Å². The number of aromatic nitrogens is 2. The molecule has 4 N–H and O–H groups in total. The summed E-state index contributed by atoms with van der Waals surface area (Å²) >= 11 is 0. The van der Waals surface area contributed by atoms with E-state index in [2.05, 4.69) is 15.3 Å². The van der Waals surface area contributed by atoms with E-state index in [4.69, 9.17) is 10.5 Å². The molecule has 0 aliphatic carbocycles. The van der Waals surface area contributed by atoms with Crippen LogP contribution < -0.4 is 15.8 Å². The molecule has 0 aliphatic heterocycles. The number of aromatic amines is 1. The van der Waals surface area contributed by atoms with Crippen molar-refractivity contribution in [3.63, 3.8) is 0 Å². The largest absolute Gasteiger partial charge is 0.485 e. The number of carbonyl (C=O) groups excluding carboxylic acids is 1. The number of H-pyrrole nitrogens is 1. The van der Waals surface area contributed by atoms with Crippen LogP contribution in [-0.2, 0) is 6.54 Å². The summed E-state index contributed by atoms with van der Waals surface area (Å²) < 4.78 is 30.0. The van der Waals surface area contributed by atoms with Crippen LogP contribution in [0.5, 0.6) is 5.75 Å². The molecule has 2 aromatic heterocycles. The lowest BCUT2D eigenvalue weighted by molar-refractivity contribution is 0.0821. The number of amides is 1. The maximum Gasteiger partial charge on any atom is 0.272 e. The molecule has 130 valence electrons. The lowest BCUT2D eigenvalue weighted by atomic mass is 10.1. The van der Waals surface area contributed by atoms with E-state index in [0.29, 0.717) is 12.2 Å². The van der Waals surface area contributed by atoms with Crippen LogP contribution >= 0.6 is 0 Å². The van der Waals surface area contributed by atoms with E-state index < -0.39 is 18.9 Å². The Morgan fingerprint density at radius 3 is 2.92 bits per heavy atom. The minimum Gasteiger partial charge on any atom is -0.485 e. The molecule has 1 aromatic carbocycles. The Morgan fingerprint density at radius 1 is 1.32 bits per heavy atom. The van der Waals surface area contributed by atoms with Gasteiger partial charge in [-0.2, -0.15) is 0 Å². The highest BCUT2D eigenvalue weighted by molar-refractivity contribution is 5.94. The fourth-order valence-electron chi connectivity index (χ4n) is 2.46. The van der Waals surface area contributed by atoms with Gasteiger partial charge in [0.2, 0.25) is 5.91 Å². The number of pyridine rings is 1. The number of anilines is 1. The molecule has 3 rings (SSSR count). The monoisotopic (exact) mass is 346 g/mol. The van der Waals surface area contributed by atoms with Crippen LogP contribution in [0.25, 0.3) is 11.0 Å². The van der Waals surface area contributed by atoms with Crippen molar-refractivity contribution in [3.8, 4) is 5.75 Å². The van der Waals surface area contributed by atoms with Crippen molar-refractivity contribution < 1.29 is 18.3 Å². The van der Waals surface area contributed by atoms with Crippen LogP contribution in [0.4, 0.5) is 14.5 Å². The summed E-state index contributed by atoms with van der Waals surface area (Å²) in [5.41, 5.74) is 7.66. The van der Waals surface area contributed by atoms with Gasteiger partial charge in [0, 0.05) is 29.9 Å². The van der Waals surface area contributed by atoms with Gasteiger partial charge in [0.1, 0.15) is 18.0 Å². The molecule has 0 unspecified atom stereocenters. The van der Waals surface area contributed by atoms with Crippen molar-refractivity contribution in [3.05, 3.63) is 53.9 Å². The Hall–Kier alpha value is -3.16. The number of benzene rings is 1. The second-order valence-corrected chi connectivity index (χ2v) is 5.34. The Labute approximate surface area is 142 Å². The van der Waals surface area contributed by atoms with Gasteiger partial charge in [0.25, 0.3) is 6.43 Å². The van der Waals surface area contributed by atoms with E-state index in [-0.39, 0.29) is 11.3 Å². The fourth-order valence-corrected chi connectivity index (χ4v) is 2.46. The van der Waals surface area contributed by atoms with Crippen molar-refractivity contribution >= 4 is 22.6 Å². The van der Waals surface area contributed by atoms with Gasteiger partial charge in [0.15, 0.2) is 0 Å². The van der Waals surface area contributed by atoms with Gasteiger partial charge in [-0.05, 0) is 35.9 Å². The predicted molar refractivity (Wildman–Crippen MR) is 89.9 cm³/mol. The third-order valence-corrected chi connectivity index (χ3v) is 3.65. The molecule has 0 saturated carbocycles. The number of fused-ring (bicyclic) bond motifs is 1.